The zero-order valence-corrected chi connectivity index (χ0v) is 10.0. The Morgan fingerprint density at radius 2 is 2.24 bits per heavy atom. The van der Waals surface area contributed by atoms with Gasteiger partial charge in [0.1, 0.15) is 5.75 Å². The van der Waals surface area contributed by atoms with Crippen LogP contribution in [-0.4, -0.2) is 28.8 Å². The van der Waals surface area contributed by atoms with Crippen LogP contribution < -0.4 is 5.32 Å². The first-order valence-electron chi connectivity index (χ1n) is 5.83. The van der Waals surface area contributed by atoms with Crippen molar-refractivity contribution >= 4 is 5.91 Å². The zero-order valence-electron chi connectivity index (χ0n) is 10.0. The van der Waals surface area contributed by atoms with E-state index in [0.29, 0.717) is 6.42 Å². The number of hydrogen-bond acceptors (Lipinski definition) is 3. The summed E-state index contributed by atoms with van der Waals surface area (Å²) in [4.78, 5) is 11.7. The molecule has 4 nitrogen and oxygen atoms in total. The van der Waals surface area contributed by atoms with Gasteiger partial charge in [-0.15, -0.1) is 0 Å². The second-order valence-electron chi connectivity index (χ2n) is 4.03. The van der Waals surface area contributed by atoms with Gasteiger partial charge in [-0.1, -0.05) is 19.1 Å². The Balaban J connectivity index is 2.49. The molecule has 0 radical (unpaired) electrons. The lowest BCUT2D eigenvalue weighted by Gasteiger charge is -2.15. The molecule has 0 saturated heterocycles. The van der Waals surface area contributed by atoms with Crippen molar-refractivity contribution in [3.63, 3.8) is 0 Å². The number of benzene rings is 1. The van der Waals surface area contributed by atoms with Crippen molar-refractivity contribution in [1.29, 1.82) is 0 Å². The van der Waals surface area contributed by atoms with Gasteiger partial charge in [0.25, 0.3) is 0 Å². The lowest BCUT2D eigenvalue weighted by atomic mass is 10.1. The van der Waals surface area contributed by atoms with E-state index in [4.69, 9.17) is 5.11 Å². The molecule has 1 rings (SSSR count). The number of carbonyl (C=O) groups excluding carboxylic acids is 1. The van der Waals surface area contributed by atoms with E-state index in [1.54, 1.807) is 24.3 Å². The lowest BCUT2D eigenvalue weighted by Crippen LogP contribution is -2.36. The van der Waals surface area contributed by atoms with Crippen molar-refractivity contribution in [2.45, 2.75) is 32.2 Å². The van der Waals surface area contributed by atoms with Gasteiger partial charge in [-0.25, -0.2) is 0 Å². The number of aromatic hydroxyl groups is 1. The van der Waals surface area contributed by atoms with Crippen LogP contribution in [0.1, 0.15) is 25.3 Å². The van der Waals surface area contributed by atoms with Crippen LogP contribution in [0.2, 0.25) is 0 Å². The number of carbonyl (C=O) groups is 1. The molecule has 1 unspecified atom stereocenters. The maximum absolute atomic E-state index is 11.7. The van der Waals surface area contributed by atoms with Gasteiger partial charge in [-0.3, -0.25) is 4.79 Å². The van der Waals surface area contributed by atoms with E-state index < -0.39 is 0 Å². The molecule has 0 aliphatic heterocycles. The fourth-order valence-electron chi connectivity index (χ4n) is 1.66. The summed E-state index contributed by atoms with van der Waals surface area (Å²) in [6.07, 6.45) is 1.62. The average molecular weight is 237 g/mol. The Morgan fingerprint density at radius 3 is 2.82 bits per heavy atom. The molecule has 1 amide bonds. The monoisotopic (exact) mass is 237 g/mol. The Labute approximate surface area is 101 Å². The van der Waals surface area contributed by atoms with E-state index in [2.05, 4.69) is 5.32 Å². The number of hydrogen-bond donors (Lipinski definition) is 3. The fraction of sp³-hybridized carbons (Fsp3) is 0.462. The highest BCUT2D eigenvalue weighted by Crippen LogP contribution is 2.11. The summed E-state index contributed by atoms with van der Waals surface area (Å²) >= 11 is 0. The van der Waals surface area contributed by atoms with Crippen LogP contribution in [-0.2, 0) is 11.2 Å². The maximum atomic E-state index is 11.7. The topological polar surface area (TPSA) is 69.6 Å². The first kappa shape index (κ1) is 13.5. The minimum Gasteiger partial charge on any atom is -0.508 e. The van der Waals surface area contributed by atoms with Gasteiger partial charge in [0.05, 0.1) is 6.42 Å². The highest BCUT2D eigenvalue weighted by molar-refractivity contribution is 5.78. The highest BCUT2D eigenvalue weighted by Gasteiger charge is 2.10. The Bertz CT molecular complexity index is 365. The molecule has 0 fully saturated rings. The minimum absolute atomic E-state index is 0.0183. The van der Waals surface area contributed by atoms with Crippen molar-refractivity contribution in [2.24, 2.45) is 0 Å². The van der Waals surface area contributed by atoms with Gasteiger partial charge in [-0.05, 0) is 30.5 Å². The number of aliphatic hydroxyl groups is 1. The zero-order chi connectivity index (χ0) is 12.7. The smallest absolute Gasteiger partial charge is 0.224 e. The summed E-state index contributed by atoms with van der Waals surface area (Å²) in [6, 6.07) is 6.67. The second kappa shape index (κ2) is 6.91. The first-order chi connectivity index (χ1) is 8.15. The van der Waals surface area contributed by atoms with Gasteiger partial charge in [-0.2, -0.15) is 0 Å². The van der Waals surface area contributed by atoms with E-state index in [9.17, 15) is 9.90 Å². The van der Waals surface area contributed by atoms with Crippen molar-refractivity contribution in [2.75, 3.05) is 6.61 Å². The lowest BCUT2D eigenvalue weighted by molar-refractivity contribution is -0.121. The van der Waals surface area contributed by atoms with Crippen LogP contribution in [0, 0.1) is 0 Å². The van der Waals surface area contributed by atoms with Crippen LogP contribution in [0.15, 0.2) is 24.3 Å². The molecule has 4 heteroatoms. The van der Waals surface area contributed by atoms with Gasteiger partial charge in [0.15, 0.2) is 0 Å². The number of nitrogens with one attached hydrogen (secondary N) is 1. The first-order valence-corrected chi connectivity index (χ1v) is 5.83. The third-order valence-corrected chi connectivity index (χ3v) is 2.61. The van der Waals surface area contributed by atoms with Crippen LogP contribution in [0.25, 0.3) is 0 Å². The van der Waals surface area contributed by atoms with E-state index in [0.717, 1.165) is 12.0 Å². The molecule has 0 heterocycles. The molecule has 94 valence electrons. The third kappa shape index (κ3) is 4.87. The summed E-state index contributed by atoms with van der Waals surface area (Å²) in [7, 11) is 0. The van der Waals surface area contributed by atoms with Crippen molar-refractivity contribution in [1.82, 2.24) is 5.32 Å². The number of phenolic OH excluding ortho intramolecular Hbond substituents is 1. The summed E-state index contributed by atoms with van der Waals surface area (Å²) in [6.45, 7) is 2.04. The number of amides is 1. The minimum atomic E-state index is -0.0871. The van der Waals surface area contributed by atoms with Gasteiger partial charge >= 0.3 is 0 Å². The molecule has 0 aromatic heterocycles. The van der Waals surface area contributed by atoms with Gasteiger partial charge in [0.2, 0.25) is 5.91 Å². The van der Waals surface area contributed by atoms with E-state index >= 15 is 0 Å². The highest BCUT2D eigenvalue weighted by atomic mass is 16.3. The average Bonchev–Trinajstić information content (AvgIpc) is 2.28. The maximum Gasteiger partial charge on any atom is 0.224 e. The molecule has 17 heavy (non-hydrogen) atoms. The molecule has 0 spiro atoms. The molecular formula is C13H19NO3. The van der Waals surface area contributed by atoms with Crippen molar-refractivity contribution in [3.8, 4) is 5.75 Å². The molecule has 0 aliphatic rings. The molecule has 0 bridgehead atoms. The van der Waals surface area contributed by atoms with E-state index in [1.165, 1.54) is 0 Å². The summed E-state index contributed by atoms with van der Waals surface area (Å²) in [5.74, 6) is 0.0774. The Morgan fingerprint density at radius 1 is 1.47 bits per heavy atom. The second-order valence-corrected chi connectivity index (χ2v) is 4.03. The largest absolute Gasteiger partial charge is 0.508 e. The Kier molecular flexibility index (Phi) is 5.49. The predicted octanol–water partition coefficient (Wildman–Crippen LogP) is 1.21. The van der Waals surface area contributed by atoms with Crippen LogP contribution in [0.3, 0.4) is 0 Å². The summed E-state index contributed by atoms with van der Waals surface area (Å²) < 4.78 is 0. The molecule has 3 N–H and O–H groups in total. The van der Waals surface area contributed by atoms with Gasteiger partial charge < -0.3 is 15.5 Å². The molecule has 0 aliphatic carbocycles. The number of aliphatic hydroxyl groups excluding tert-OH is 1. The SMILES string of the molecule is CCC(CCO)NC(=O)Cc1cccc(O)c1. The molecule has 1 aromatic rings. The third-order valence-electron chi connectivity index (χ3n) is 2.61. The van der Waals surface area contributed by atoms with E-state index in [-0.39, 0.29) is 30.7 Å². The van der Waals surface area contributed by atoms with Crippen LogP contribution in [0.5, 0.6) is 5.75 Å². The standard InChI is InChI=1S/C13H19NO3/c1-2-11(6-7-15)14-13(17)9-10-4-3-5-12(16)8-10/h3-5,8,11,15-16H,2,6-7,9H2,1H3,(H,14,17). The normalized spacial score (nSPS) is 12.1. The summed E-state index contributed by atoms with van der Waals surface area (Å²) in [5.41, 5.74) is 0.779. The van der Waals surface area contributed by atoms with Crippen molar-refractivity contribution < 1.29 is 15.0 Å². The molecule has 1 aromatic carbocycles. The van der Waals surface area contributed by atoms with Crippen LogP contribution in [0.4, 0.5) is 0 Å². The summed E-state index contributed by atoms with van der Waals surface area (Å²) in [5, 5.41) is 21.0. The quantitative estimate of drug-likeness (QED) is 0.696. The predicted molar refractivity (Wildman–Crippen MR) is 65.7 cm³/mol. The fourth-order valence-corrected chi connectivity index (χ4v) is 1.66. The van der Waals surface area contributed by atoms with E-state index in [1.807, 2.05) is 6.92 Å². The van der Waals surface area contributed by atoms with Gasteiger partial charge in [0, 0.05) is 12.6 Å². The molecular weight excluding hydrogens is 218 g/mol. The number of rotatable bonds is 6. The number of phenols is 1. The van der Waals surface area contributed by atoms with Crippen molar-refractivity contribution in [3.05, 3.63) is 29.8 Å². The Hall–Kier alpha value is -1.55. The molecule has 1 atom stereocenters. The van der Waals surface area contributed by atoms with Crippen LogP contribution >= 0.6 is 0 Å². The molecule has 0 saturated carbocycles.